The lowest BCUT2D eigenvalue weighted by molar-refractivity contribution is -0.141. The molecule has 0 aromatic carbocycles. The van der Waals surface area contributed by atoms with E-state index >= 15 is 0 Å². The summed E-state index contributed by atoms with van der Waals surface area (Å²) in [5.41, 5.74) is 11.1. The van der Waals surface area contributed by atoms with Crippen LogP contribution in [0.4, 0.5) is 0 Å². The van der Waals surface area contributed by atoms with Gasteiger partial charge in [-0.1, -0.05) is 6.42 Å². The number of nitrogens with zero attached hydrogens (tertiary/aromatic N) is 1. The molecule has 2 fully saturated rings. The molecule has 0 radical (unpaired) electrons. The number of nitrogens with two attached hydrogens (primary N) is 2. The predicted octanol–water partition coefficient (Wildman–Crippen LogP) is -1.44. The maximum atomic E-state index is 12.2. The van der Waals surface area contributed by atoms with Crippen molar-refractivity contribution < 1.29 is 14.7 Å². The van der Waals surface area contributed by atoms with Gasteiger partial charge in [-0.25, -0.2) is 0 Å². The summed E-state index contributed by atoms with van der Waals surface area (Å²) in [4.78, 5) is 24.9. The number of hydrogen-bond acceptors (Lipinski definition) is 4. The Bertz CT molecular complexity index is 334. The first-order chi connectivity index (χ1) is 8.00. The molecule has 2 aliphatic rings. The van der Waals surface area contributed by atoms with E-state index in [1.807, 2.05) is 0 Å². The third-order valence-electron chi connectivity index (χ3n) is 3.78. The summed E-state index contributed by atoms with van der Waals surface area (Å²) in [6.07, 6.45) is 2.12. The zero-order valence-corrected chi connectivity index (χ0v) is 9.71. The van der Waals surface area contributed by atoms with Gasteiger partial charge in [0.25, 0.3) is 0 Å². The third kappa shape index (κ3) is 2.28. The molecular formula is C11H19N3O3. The summed E-state index contributed by atoms with van der Waals surface area (Å²) in [6, 6.07) is -0.806. The quantitative estimate of drug-likeness (QED) is 0.550. The maximum absolute atomic E-state index is 12.2. The number of carbonyl (C=O) groups is 2. The van der Waals surface area contributed by atoms with Gasteiger partial charge in [0.2, 0.25) is 11.8 Å². The van der Waals surface area contributed by atoms with Crippen LogP contribution in [-0.4, -0.2) is 46.6 Å². The molecule has 0 bridgehead atoms. The molecule has 0 aromatic heterocycles. The van der Waals surface area contributed by atoms with Crippen LogP contribution in [0, 0.1) is 5.92 Å². The Labute approximate surface area is 99.9 Å². The second kappa shape index (κ2) is 4.62. The molecule has 4 unspecified atom stereocenters. The van der Waals surface area contributed by atoms with Crippen LogP contribution in [-0.2, 0) is 9.59 Å². The van der Waals surface area contributed by atoms with E-state index in [0.717, 1.165) is 19.3 Å². The van der Waals surface area contributed by atoms with Crippen LogP contribution in [0.25, 0.3) is 0 Å². The van der Waals surface area contributed by atoms with Crippen LogP contribution in [0.2, 0.25) is 0 Å². The first-order valence-corrected chi connectivity index (χ1v) is 6.04. The van der Waals surface area contributed by atoms with E-state index in [9.17, 15) is 14.7 Å². The Morgan fingerprint density at radius 1 is 1.29 bits per heavy atom. The van der Waals surface area contributed by atoms with E-state index in [4.69, 9.17) is 11.5 Å². The lowest BCUT2D eigenvalue weighted by atomic mass is 10.0. The van der Waals surface area contributed by atoms with E-state index < -0.39 is 18.1 Å². The van der Waals surface area contributed by atoms with Crippen LogP contribution in [0.1, 0.15) is 25.7 Å². The number of amides is 2. The molecule has 1 heterocycles. The van der Waals surface area contributed by atoms with Crippen molar-refractivity contribution in [3.63, 3.8) is 0 Å². The largest absolute Gasteiger partial charge is 0.391 e. The molecule has 1 aliphatic heterocycles. The molecule has 1 saturated heterocycles. The highest BCUT2D eigenvalue weighted by Gasteiger charge is 2.42. The molecule has 0 spiro atoms. The monoisotopic (exact) mass is 241 g/mol. The van der Waals surface area contributed by atoms with Gasteiger partial charge in [0.15, 0.2) is 0 Å². The van der Waals surface area contributed by atoms with Crippen LogP contribution < -0.4 is 11.5 Å². The summed E-state index contributed by atoms with van der Waals surface area (Å²) in [5.74, 6) is -0.904. The van der Waals surface area contributed by atoms with Crippen LogP contribution in [0.5, 0.6) is 0 Å². The topological polar surface area (TPSA) is 110 Å². The SMILES string of the molecule is NC(=O)C1CC(O)CN1C(=O)C1CCCC1N. The minimum absolute atomic E-state index is 0.129. The van der Waals surface area contributed by atoms with Gasteiger partial charge in [-0.05, 0) is 12.8 Å². The standard InChI is InChI=1S/C11H19N3O3/c12-8-3-1-2-7(8)11(17)14-5-6(15)4-9(14)10(13)16/h6-9,15H,1-5,12H2,(H2,13,16). The Hall–Kier alpha value is -1.14. The van der Waals surface area contributed by atoms with Crippen LogP contribution in [0.15, 0.2) is 0 Å². The molecule has 6 nitrogen and oxygen atoms in total. The second-order valence-corrected chi connectivity index (χ2v) is 5.00. The third-order valence-corrected chi connectivity index (χ3v) is 3.78. The first-order valence-electron chi connectivity index (χ1n) is 6.04. The molecule has 1 saturated carbocycles. The average Bonchev–Trinajstić information content (AvgIpc) is 2.83. The molecule has 5 N–H and O–H groups in total. The van der Waals surface area contributed by atoms with Gasteiger partial charge in [0.05, 0.1) is 12.0 Å². The molecule has 1 aliphatic carbocycles. The predicted molar refractivity (Wildman–Crippen MR) is 60.6 cm³/mol. The van der Waals surface area contributed by atoms with Crippen molar-refractivity contribution in [2.24, 2.45) is 17.4 Å². The van der Waals surface area contributed by atoms with Gasteiger partial charge in [0.1, 0.15) is 6.04 Å². The number of β-amino-alcohol motifs (C(OH)–C–C–N with tert-alkyl or cyclic N) is 1. The fraction of sp³-hybridized carbons (Fsp3) is 0.818. The molecule has 17 heavy (non-hydrogen) atoms. The van der Waals surface area contributed by atoms with Crippen LogP contribution >= 0.6 is 0 Å². The molecule has 2 rings (SSSR count). The van der Waals surface area contributed by atoms with Crippen molar-refractivity contribution in [2.45, 2.75) is 43.9 Å². The Balaban J connectivity index is 2.10. The molecular weight excluding hydrogens is 222 g/mol. The highest BCUT2D eigenvalue weighted by molar-refractivity contribution is 5.88. The van der Waals surface area contributed by atoms with Crippen molar-refractivity contribution in [1.82, 2.24) is 4.90 Å². The molecule has 4 atom stereocenters. The van der Waals surface area contributed by atoms with Crippen molar-refractivity contribution in [1.29, 1.82) is 0 Å². The minimum atomic E-state index is -0.676. The smallest absolute Gasteiger partial charge is 0.240 e. The molecule has 96 valence electrons. The lowest BCUT2D eigenvalue weighted by Crippen LogP contribution is -2.48. The van der Waals surface area contributed by atoms with E-state index in [1.54, 1.807) is 0 Å². The van der Waals surface area contributed by atoms with Crippen molar-refractivity contribution >= 4 is 11.8 Å². The number of likely N-dealkylation sites (tertiary alicyclic amines) is 1. The average molecular weight is 241 g/mol. The van der Waals surface area contributed by atoms with Crippen molar-refractivity contribution in [3.8, 4) is 0 Å². The number of hydrogen-bond donors (Lipinski definition) is 3. The Morgan fingerprint density at radius 3 is 2.53 bits per heavy atom. The fourth-order valence-electron chi connectivity index (χ4n) is 2.84. The summed E-state index contributed by atoms with van der Waals surface area (Å²) in [7, 11) is 0. The van der Waals surface area contributed by atoms with E-state index in [-0.39, 0.29) is 30.8 Å². The second-order valence-electron chi connectivity index (χ2n) is 5.00. The van der Waals surface area contributed by atoms with Crippen molar-refractivity contribution in [2.75, 3.05) is 6.54 Å². The Morgan fingerprint density at radius 2 is 2.00 bits per heavy atom. The molecule has 0 aromatic rings. The van der Waals surface area contributed by atoms with E-state index in [2.05, 4.69) is 0 Å². The van der Waals surface area contributed by atoms with Gasteiger partial charge in [0, 0.05) is 19.0 Å². The number of aliphatic hydroxyl groups is 1. The number of carbonyl (C=O) groups excluding carboxylic acids is 2. The summed E-state index contributed by atoms with van der Waals surface area (Å²) >= 11 is 0. The van der Waals surface area contributed by atoms with E-state index in [0.29, 0.717) is 0 Å². The fourth-order valence-corrected chi connectivity index (χ4v) is 2.84. The molecule has 6 heteroatoms. The van der Waals surface area contributed by atoms with Crippen molar-refractivity contribution in [3.05, 3.63) is 0 Å². The number of rotatable bonds is 2. The molecule has 2 amide bonds. The number of aliphatic hydroxyl groups excluding tert-OH is 1. The van der Waals surface area contributed by atoms with E-state index in [1.165, 1.54) is 4.90 Å². The summed E-state index contributed by atoms with van der Waals surface area (Å²) in [6.45, 7) is 0.190. The van der Waals surface area contributed by atoms with Gasteiger partial charge in [-0.15, -0.1) is 0 Å². The minimum Gasteiger partial charge on any atom is -0.391 e. The Kier molecular flexibility index (Phi) is 3.35. The van der Waals surface area contributed by atoms with Gasteiger partial charge in [-0.2, -0.15) is 0 Å². The van der Waals surface area contributed by atoms with Gasteiger partial charge < -0.3 is 21.5 Å². The lowest BCUT2D eigenvalue weighted by Gasteiger charge is -2.26. The first kappa shape index (κ1) is 12.3. The van der Waals surface area contributed by atoms with Crippen LogP contribution in [0.3, 0.4) is 0 Å². The highest BCUT2D eigenvalue weighted by atomic mass is 16.3. The number of primary amides is 1. The maximum Gasteiger partial charge on any atom is 0.240 e. The summed E-state index contributed by atoms with van der Waals surface area (Å²) < 4.78 is 0. The van der Waals surface area contributed by atoms with Gasteiger partial charge in [-0.3, -0.25) is 9.59 Å². The normalized spacial score (nSPS) is 37.4. The zero-order chi connectivity index (χ0) is 12.6. The summed E-state index contributed by atoms with van der Waals surface area (Å²) in [5, 5.41) is 9.54. The highest BCUT2D eigenvalue weighted by Crippen LogP contribution is 2.29. The zero-order valence-electron chi connectivity index (χ0n) is 9.71. The van der Waals surface area contributed by atoms with Gasteiger partial charge >= 0.3 is 0 Å².